The molecule has 1 spiro atoms. The highest BCUT2D eigenvalue weighted by Gasteiger charge is 2.54. The Morgan fingerprint density at radius 3 is 3.05 bits per heavy atom. The molecule has 0 amide bonds. The fourth-order valence-corrected chi connectivity index (χ4v) is 4.50. The van der Waals surface area contributed by atoms with Crippen molar-refractivity contribution in [2.45, 2.75) is 49.9 Å². The quantitative estimate of drug-likeness (QED) is 0.859. The third-order valence-electron chi connectivity index (χ3n) is 5.59. The standard InChI is InChI=1S/C17H23NO3/c1-18-8-7-17-6-5-12(19)9-14(17)21-16-13(20-2)4-3-11(10-18)15(16)17/h3-4,12,14,19H,5-10H2,1-2H3/t12-,14+,17-/m0/s1. The molecule has 1 N–H and O–H groups in total. The van der Waals surface area contributed by atoms with Crippen LogP contribution in [-0.4, -0.2) is 42.9 Å². The van der Waals surface area contributed by atoms with Crippen LogP contribution >= 0.6 is 0 Å². The van der Waals surface area contributed by atoms with Crippen LogP contribution in [0.4, 0.5) is 0 Å². The SMILES string of the molecule is COc1ccc2c3c1O[C@@H]1C[C@@H](O)CC[C@@]31CCN(C)C2. The number of hydrogen-bond acceptors (Lipinski definition) is 4. The van der Waals surface area contributed by atoms with Crippen molar-refractivity contribution in [2.24, 2.45) is 0 Å². The van der Waals surface area contributed by atoms with E-state index in [-0.39, 0.29) is 17.6 Å². The van der Waals surface area contributed by atoms with E-state index in [4.69, 9.17) is 9.47 Å². The first kappa shape index (κ1) is 13.4. The van der Waals surface area contributed by atoms with Crippen molar-refractivity contribution in [3.8, 4) is 11.5 Å². The van der Waals surface area contributed by atoms with Gasteiger partial charge in [0.2, 0.25) is 0 Å². The number of nitrogens with zero attached hydrogens (tertiary/aromatic N) is 1. The number of ether oxygens (including phenoxy) is 2. The molecule has 2 heterocycles. The minimum Gasteiger partial charge on any atom is -0.493 e. The molecule has 21 heavy (non-hydrogen) atoms. The predicted molar refractivity (Wildman–Crippen MR) is 79.9 cm³/mol. The summed E-state index contributed by atoms with van der Waals surface area (Å²) in [6.07, 6.45) is 3.59. The molecular weight excluding hydrogens is 266 g/mol. The molecule has 0 aromatic heterocycles. The van der Waals surface area contributed by atoms with Crippen LogP contribution in [0.1, 0.15) is 36.8 Å². The normalized spacial score (nSPS) is 34.6. The molecule has 1 aliphatic carbocycles. The van der Waals surface area contributed by atoms with Crippen LogP contribution in [0.3, 0.4) is 0 Å². The van der Waals surface area contributed by atoms with Gasteiger partial charge in [0.05, 0.1) is 13.2 Å². The van der Waals surface area contributed by atoms with Gasteiger partial charge >= 0.3 is 0 Å². The summed E-state index contributed by atoms with van der Waals surface area (Å²) in [4.78, 5) is 2.39. The molecule has 4 nitrogen and oxygen atoms in total. The van der Waals surface area contributed by atoms with Crippen LogP contribution in [0, 0.1) is 0 Å². The van der Waals surface area contributed by atoms with Crippen LogP contribution in [0.5, 0.6) is 11.5 Å². The average Bonchev–Trinajstić information content (AvgIpc) is 2.72. The first-order valence-corrected chi connectivity index (χ1v) is 7.87. The summed E-state index contributed by atoms with van der Waals surface area (Å²) in [5.74, 6) is 1.77. The Kier molecular flexibility index (Phi) is 2.95. The van der Waals surface area contributed by atoms with E-state index in [1.165, 1.54) is 11.1 Å². The number of methoxy groups -OCH3 is 1. The van der Waals surface area contributed by atoms with Gasteiger partial charge in [0.25, 0.3) is 0 Å². The molecule has 1 aromatic rings. The largest absolute Gasteiger partial charge is 0.493 e. The summed E-state index contributed by atoms with van der Waals surface area (Å²) >= 11 is 0. The highest BCUT2D eigenvalue weighted by atomic mass is 16.5. The lowest BCUT2D eigenvalue weighted by Crippen LogP contribution is -2.45. The second kappa shape index (κ2) is 4.62. The molecule has 3 aliphatic rings. The lowest BCUT2D eigenvalue weighted by Gasteiger charge is -2.40. The maximum atomic E-state index is 10.1. The maximum absolute atomic E-state index is 10.1. The molecule has 4 heteroatoms. The van der Waals surface area contributed by atoms with E-state index in [1.54, 1.807) is 7.11 Å². The highest BCUT2D eigenvalue weighted by Crippen LogP contribution is 2.57. The third kappa shape index (κ3) is 1.82. The fraction of sp³-hybridized carbons (Fsp3) is 0.647. The topological polar surface area (TPSA) is 41.9 Å². The molecule has 3 atom stereocenters. The third-order valence-corrected chi connectivity index (χ3v) is 5.59. The van der Waals surface area contributed by atoms with Crippen molar-refractivity contribution < 1.29 is 14.6 Å². The summed E-state index contributed by atoms with van der Waals surface area (Å²) in [5, 5.41) is 10.1. The summed E-state index contributed by atoms with van der Waals surface area (Å²) in [6.45, 7) is 2.04. The molecule has 0 bridgehead atoms. The Balaban J connectivity index is 1.90. The van der Waals surface area contributed by atoms with E-state index >= 15 is 0 Å². The van der Waals surface area contributed by atoms with Crippen molar-refractivity contribution in [2.75, 3.05) is 20.7 Å². The predicted octanol–water partition coefficient (Wildman–Crippen LogP) is 2.07. The summed E-state index contributed by atoms with van der Waals surface area (Å²) in [7, 11) is 3.88. The summed E-state index contributed by atoms with van der Waals surface area (Å²) in [5.41, 5.74) is 2.80. The van der Waals surface area contributed by atoms with Crippen molar-refractivity contribution >= 4 is 0 Å². The average molecular weight is 289 g/mol. The minimum atomic E-state index is -0.231. The van der Waals surface area contributed by atoms with Gasteiger partial charge in [-0.25, -0.2) is 0 Å². The molecule has 1 saturated carbocycles. The van der Waals surface area contributed by atoms with E-state index in [9.17, 15) is 5.11 Å². The number of rotatable bonds is 1. The molecule has 1 fully saturated rings. The molecule has 0 unspecified atom stereocenters. The summed E-state index contributed by atoms with van der Waals surface area (Å²) < 4.78 is 11.8. The number of aliphatic hydroxyl groups is 1. The second-order valence-electron chi connectivity index (χ2n) is 6.81. The van der Waals surface area contributed by atoms with Gasteiger partial charge in [0.15, 0.2) is 11.5 Å². The van der Waals surface area contributed by atoms with Crippen molar-refractivity contribution in [1.82, 2.24) is 4.90 Å². The molecule has 4 rings (SSSR count). The Morgan fingerprint density at radius 2 is 2.24 bits per heavy atom. The van der Waals surface area contributed by atoms with Gasteiger partial charge in [0, 0.05) is 23.9 Å². The van der Waals surface area contributed by atoms with Gasteiger partial charge in [-0.2, -0.15) is 0 Å². The zero-order valence-electron chi connectivity index (χ0n) is 12.8. The monoisotopic (exact) mass is 289 g/mol. The Morgan fingerprint density at radius 1 is 1.38 bits per heavy atom. The van der Waals surface area contributed by atoms with E-state index in [1.807, 2.05) is 6.07 Å². The van der Waals surface area contributed by atoms with Gasteiger partial charge in [-0.15, -0.1) is 0 Å². The van der Waals surface area contributed by atoms with Gasteiger partial charge in [-0.3, -0.25) is 0 Å². The summed E-state index contributed by atoms with van der Waals surface area (Å²) in [6, 6.07) is 4.22. The first-order chi connectivity index (χ1) is 10.1. The van der Waals surface area contributed by atoms with Crippen molar-refractivity contribution in [1.29, 1.82) is 0 Å². The van der Waals surface area contributed by atoms with E-state index < -0.39 is 0 Å². The highest BCUT2D eigenvalue weighted by molar-refractivity contribution is 5.58. The number of benzene rings is 1. The van der Waals surface area contributed by atoms with E-state index in [0.717, 1.165) is 50.3 Å². The van der Waals surface area contributed by atoms with Gasteiger partial charge in [-0.05, 0) is 44.5 Å². The number of aliphatic hydroxyl groups excluding tert-OH is 1. The van der Waals surface area contributed by atoms with Gasteiger partial charge in [-0.1, -0.05) is 6.07 Å². The Labute approximate surface area is 125 Å². The Bertz CT molecular complexity index is 573. The van der Waals surface area contributed by atoms with E-state index in [2.05, 4.69) is 18.0 Å². The fourth-order valence-electron chi connectivity index (χ4n) is 4.50. The Hall–Kier alpha value is -1.26. The molecular formula is C17H23NO3. The first-order valence-electron chi connectivity index (χ1n) is 7.87. The van der Waals surface area contributed by atoms with Crippen molar-refractivity contribution in [3.05, 3.63) is 23.3 Å². The lowest BCUT2D eigenvalue weighted by molar-refractivity contribution is 0.0120. The number of hydrogen-bond donors (Lipinski definition) is 1. The van der Waals surface area contributed by atoms with Crippen LogP contribution in [0.15, 0.2) is 12.1 Å². The molecule has 0 saturated heterocycles. The maximum Gasteiger partial charge on any atom is 0.165 e. The van der Waals surface area contributed by atoms with Crippen LogP contribution in [-0.2, 0) is 12.0 Å². The van der Waals surface area contributed by atoms with Gasteiger partial charge < -0.3 is 19.5 Å². The van der Waals surface area contributed by atoms with E-state index in [0.29, 0.717) is 0 Å². The zero-order valence-corrected chi connectivity index (χ0v) is 12.8. The molecule has 114 valence electrons. The van der Waals surface area contributed by atoms with Crippen LogP contribution < -0.4 is 9.47 Å². The zero-order chi connectivity index (χ0) is 14.6. The molecule has 1 aromatic carbocycles. The van der Waals surface area contributed by atoms with Crippen LogP contribution in [0.25, 0.3) is 0 Å². The molecule has 2 aliphatic heterocycles. The van der Waals surface area contributed by atoms with Crippen molar-refractivity contribution in [3.63, 3.8) is 0 Å². The second-order valence-corrected chi connectivity index (χ2v) is 6.81. The minimum absolute atomic E-state index is 0.0726. The van der Waals surface area contributed by atoms with Gasteiger partial charge in [0.1, 0.15) is 6.10 Å². The van der Waals surface area contributed by atoms with Crippen LogP contribution in [0.2, 0.25) is 0 Å². The molecule has 0 radical (unpaired) electrons. The smallest absolute Gasteiger partial charge is 0.165 e. The lowest BCUT2D eigenvalue weighted by atomic mass is 9.65.